The first kappa shape index (κ1) is 7.55. The van der Waals surface area contributed by atoms with Crippen LogP contribution >= 0.6 is 10.9 Å². The van der Waals surface area contributed by atoms with Crippen LogP contribution in [0.4, 0.5) is 0 Å². The average molecular weight is 164 g/mol. The van der Waals surface area contributed by atoms with Crippen LogP contribution in [0.1, 0.15) is 0 Å². The molecule has 10 heavy (non-hydrogen) atoms. The van der Waals surface area contributed by atoms with Crippen molar-refractivity contribution in [2.45, 2.75) is 4.90 Å². The van der Waals surface area contributed by atoms with Gasteiger partial charge in [-0.2, -0.15) is 5.10 Å². The van der Waals surface area contributed by atoms with Gasteiger partial charge in [-0.15, -0.1) is 0 Å². The first-order valence-electron chi connectivity index (χ1n) is 2.49. The SMILES string of the molecule is Cn1cc(S(O)(O)O)cn1. The molecule has 0 saturated carbocycles. The highest BCUT2D eigenvalue weighted by atomic mass is 32.3. The molecule has 0 spiro atoms. The van der Waals surface area contributed by atoms with Crippen LogP contribution in [0.5, 0.6) is 0 Å². The maximum absolute atomic E-state index is 8.64. The van der Waals surface area contributed by atoms with Gasteiger partial charge >= 0.3 is 0 Å². The van der Waals surface area contributed by atoms with Crippen LogP contribution in [0.25, 0.3) is 0 Å². The molecule has 0 aliphatic carbocycles. The van der Waals surface area contributed by atoms with Crippen LogP contribution in [-0.2, 0) is 7.05 Å². The summed E-state index contributed by atoms with van der Waals surface area (Å²) in [5, 5.41) is 3.64. The van der Waals surface area contributed by atoms with Gasteiger partial charge in [0.1, 0.15) is 15.8 Å². The fourth-order valence-electron chi connectivity index (χ4n) is 0.540. The van der Waals surface area contributed by atoms with Gasteiger partial charge in [0.2, 0.25) is 0 Å². The van der Waals surface area contributed by atoms with E-state index in [4.69, 9.17) is 13.7 Å². The molecule has 0 amide bonds. The Labute approximate surface area is 59.5 Å². The van der Waals surface area contributed by atoms with Crippen LogP contribution in [0.3, 0.4) is 0 Å². The zero-order valence-corrected chi connectivity index (χ0v) is 6.12. The highest BCUT2D eigenvalue weighted by Crippen LogP contribution is 2.42. The Bertz CT molecular complexity index is 229. The number of hydrogen-bond donors (Lipinski definition) is 3. The lowest BCUT2D eigenvalue weighted by Gasteiger charge is -2.15. The van der Waals surface area contributed by atoms with Crippen molar-refractivity contribution in [1.82, 2.24) is 9.78 Å². The molecule has 0 radical (unpaired) electrons. The third kappa shape index (κ3) is 1.48. The number of hydrogen-bond acceptors (Lipinski definition) is 4. The lowest BCUT2D eigenvalue weighted by atomic mass is 10.7. The largest absolute Gasteiger partial charge is 0.304 e. The van der Waals surface area contributed by atoms with E-state index in [2.05, 4.69) is 5.10 Å². The molecule has 0 saturated heterocycles. The van der Waals surface area contributed by atoms with Crippen LogP contribution in [0, 0.1) is 0 Å². The molecule has 6 heteroatoms. The zero-order chi connectivity index (χ0) is 7.78. The van der Waals surface area contributed by atoms with Gasteiger partial charge in [0.25, 0.3) is 0 Å². The number of rotatable bonds is 1. The van der Waals surface area contributed by atoms with Crippen LogP contribution in [0.15, 0.2) is 17.3 Å². The van der Waals surface area contributed by atoms with Crippen molar-refractivity contribution >= 4 is 10.9 Å². The fraction of sp³-hybridized carbons (Fsp3) is 0.250. The maximum atomic E-state index is 8.64. The van der Waals surface area contributed by atoms with E-state index in [1.807, 2.05) is 0 Å². The van der Waals surface area contributed by atoms with E-state index >= 15 is 0 Å². The maximum Gasteiger partial charge on any atom is 0.116 e. The summed E-state index contributed by atoms with van der Waals surface area (Å²) in [7, 11) is -1.95. The predicted octanol–water partition coefficient (Wildman–Crippen LogP) is 1.00. The molecule has 0 aliphatic heterocycles. The van der Waals surface area contributed by atoms with Gasteiger partial charge < -0.3 is 13.7 Å². The quantitative estimate of drug-likeness (QED) is 0.578. The summed E-state index contributed by atoms with van der Waals surface area (Å²) in [4.78, 5) is 0.0370. The van der Waals surface area contributed by atoms with E-state index in [9.17, 15) is 0 Å². The minimum absolute atomic E-state index is 0.0370. The van der Waals surface area contributed by atoms with E-state index in [1.54, 1.807) is 7.05 Å². The molecule has 1 heterocycles. The van der Waals surface area contributed by atoms with Gasteiger partial charge in [0.05, 0.1) is 6.20 Å². The first-order valence-corrected chi connectivity index (χ1v) is 4.00. The van der Waals surface area contributed by atoms with Gasteiger partial charge in [-0.1, -0.05) is 0 Å². The number of nitrogens with zero attached hydrogens (tertiary/aromatic N) is 2. The second kappa shape index (κ2) is 2.24. The zero-order valence-electron chi connectivity index (χ0n) is 5.30. The third-order valence-electron chi connectivity index (χ3n) is 0.997. The lowest BCUT2D eigenvalue weighted by molar-refractivity contribution is 0.376. The number of aryl methyl sites for hydroxylation is 1. The van der Waals surface area contributed by atoms with E-state index in [1.165, 1.54) is 17.1 Å². The molecular weight excluding hydrogens is 156 g/mol. The Kier molecular flexibility index (Phi) is 1.69. The Morgan fingerprint density at radius 1 is 1.50 bits per heavy atom. The van der Waals surface area contributed by atoms with Crippen molar-refractivity contribution in [2.75, 3.05) is 0 Å². The Morgan fingerprint density at radius 3 is 2.30 bits per heavy atom. The fourth-order valence-corrected chi connectivity index (χ4v) is 1.02. The van der Waals surface area contributed by atoms with Crippen molar-refractivity contribution in [2.24, 2.45) is 7.05 Å². The van der Waals surface area contributed by atoms with Crippen molar-refractivity contribution < 1.29 is 13.7 Å². The number of aromatic nitrogens is 2. The lowest BCUT2D eigenvalue weighted by Crippen LogP contribution is -1.93. The van der Waals surface area contributed by atoms with Gasteiger partial charge in [-0.25, -0.2) is 0 Å². The van der Waals surface area contributed by atoms with E-state index in [0.717, 1.165) is 0 Å². The topological polar surface area (TPSA) is 78.5 Å². The highest BCUT2D eigenvalue weighted by molar-refractivity contribution is 8.19. The highest BCUT2D eigenvalue weighted by Gasteiger charge is 2.16. The van der Waals surface area contributed by atoms with Gasteiger partial charge in [0, 0.05) is 13.2 Å². The van der Waals surface area contributed by atoms with E-state index in [-0.39, 0.29) is 4.90 Å². The smallest absolute Gasteiger partial charge is 0.116 e. The summed E-state index contributed by atoms with van der Waals surface area (Å²) in [5.74, 6) is 0. The predicted molar refractivity (Wildman–Crippen MR) is 37.0 cm³/mol. The second-order valence-corrected chi connectivity index (χ2v) is 3.38. The summed E-state index contributed by atoms with van der Waals surface area (Å²) >= 11 is 0. The van der Waals surface area contributed by atoms with Crippen LogP contribution < -0.4 is 0 Å². The summed E-state index contributed by atoms with van der Waals surface area (Å²) < 4.78 is 27.3. The molecule has 1 aromatic rings. The molecule has 0 unspecified atom stereocenters. The van der Waals surface area contributed by atoms with E-state index < -0.39 is 10.9 Å². The minimum atomic E-state index is -3.57. The standard InChI is InChI=1S/C4H8N2O3S/c1-6-3-4(2-5-6)10(7,8)9/h2-3,7-9H,1H3. The molecule has 1 rings (SSSR count). The first-order chi connectivity index (χ1) is 4.50. The molecule has 0 bridgehead atoms. The van der Waals surface area contributed by atoms with Gasteiger partial charge in [-0.05, 0) is 0 Å². The van der Waals surface area contributed by atoms with E-state index in [0.29, 0.717) is 0 Å². The third-order valence-corrected chi connectivity index (χ3v) is 1.84. The van der Waals surface area contributed by atoms with Crippen molar-refractivity contribution in [1.29, 1.82) is 0 Å². The molecule has 0 aliphatic rings. The molecule has 0 atom stereocenters. The summed E-state index contributed by atoms with van der Waals surface area (Å²) in [6.07, 6.45) is 2.55. The summed E-state index contributed by atoms with van der Waals surface area (Å²) in [6, 6.07) is 0. The normalized spacial score (nSPS) is 13.6. The summed E-state index contributed by atoms with van der Waals surface area (Å²) in [5.41, 5.74) is 0. The summed E-state index contributed by atoms with van der Waals surface area (Å²) in [6.45, 7) is 0. The van der Waals surface area contributed by atoms with Crippen LogP contribution in [-0.4, -0.2) is 23.4 Å². The van der Waals surface area contributed by atoms with Gasteiger partial charge in [0.15, 0.2) is 0 Å². The van der Waals surface area contributed by atoms with Crippen molar-refractivity contribution in [3.05, 3.63) is 12.4 Å². The molecule has 58 valence electrons. The Morgan fingerprint density at radius 2 is 2.10 bits per heavy atom. The Hall–Kier alpha value is -0.560. The minimum Gasteiger partial charge on any atom is -0.304 e. The Balaban J connectivity index is 2.96. The monoisotopic (exact) mass is 164 g/mol. The van der Waals surface area contributed by atoms with Crippen molar-refractivity contribution in [3.63, 3.8) is 0 Å². The molecular formula is C4H8N2O3S. The second-order valence-electron chi connectivity index (χ2n) is 1.87. The average Bonchev–Trinajstić information content (AvgIpc) is 2.11. The van der Waals surface area contributed by atoms with Crippen LogP contribution in [0.2, 0.25) is 0 Å². The molecule has 1 aromatic heterocycles. The molecule has 3 N–H and O–H groups in total. The molecule has 0 fully saturated rings. The molecule has 5 nitrogen and oxygen atoms in total. The van der Waals surface area contributed by atoms with Crippen molar-refractivity contribution in [3.8, 4) is 0 Å². The van der Waals surface area contributed by atoms with Gasteiger partial charge in [-0.3, -0.25) is 4.68 Å². The molecule has 0 aromatic carbocycles.